The van der Waals surface area contributed by atoms with Crippen LogP contribution in [-0.2, 0) is 23.9 Å². The summed E-state index contributed by atoms with van der Waals surface area (Å²) >= 11 is 0. The minimum atomic E-state index is -0.873. The van der Waals surface area contributed by atoms with Crippen molar-refractivity contribution in [2.24, 2.45) is 26.8 Å². The Hall–Kier alpha value is -4.86. The number of aliphatic hydroxyl groups is 1. The average molecular weight is 667 g/mol. The fraction of sp³-hybridized carbons (Fsp3) is 0.436. The summed E-state index contributed by atoms with van der Waals surface area (Å²) in [6, 6.07) is 1.87. The van der Waals surface area contributed by atoms with E-state index in [0.29, 0.717) is 59.1 Å². The molecule has 5 heterocycles. The molecule has 10 heteroatoms. The number of nitrogens with zero attached hydrogens (tertiary/aromatic N) is 3. The smallest absolute Gasteiger partial charge is 0.374 e. The normalized spacial score (nSPS) is 21.1. The van der Waals surface area contributed by atoms with E-state index in [9.17, 15) is 19.5 Å². The zero-order valence-electron chi connectivity index (χ0n) is 29.7. The molecule has 1 aromatic heterocycles. The third-order valence-electron chi connectivity index (χ3n) is 9.44. The molecule has 258 valence electrons. The fourth-order valence-corrected chi connectivity index (χ4v) is 6.72. The van der Waals surface area contributed by atoms with Crippen LogP contribution in [0.3, 0.4) is 0 Å². The number of aliphatic hydroxyl groups excluding tert-OH is 1. The molecule has 49 heavy (non-hydrogen) atoms. The number of hydrogen-bond donors (Lipinski definition) is 2. The number of nitrogens with one attached hydrogen (secondary N) is 1. The number of carbonyl (C=O) groups excluding carboxylic acids is 3. The van der Waals surface area contributed by atoms with E-state index < -0.39 is 11.7 Å². The number of aromatic amines is 1. The molecule has 0 spiro atoms. The van der Waals surface area contributed by atoms with Gasteiger partial charge in [0.15, 0.2) is 5.78 Å². The van der Waals surface area contributed by atoms with Crippen molar-refractivity contribution in [3.63, 3.8) is 0 Å². The molecule has 0 saturated heterocycles. The van der Waals surface area contributed by atoms with E-state index in [1.807, 2.05) is 58.9 Å². The number of aryl methyl sites for hydroxylation is 1. The summed E-state index contributed by atoms with van der Waals surface area (Å²) in [6.45, 7) is 15.8. The Morgan fingerprint density at radius 1 is 0.918 bits per heavy atom. The van der Waals surface area contributed by atoms with E-state index in [2.05, 4.69) is 18.8 Å². The number of ketones is 1. The van der Waals surface area contributed by atoms with Crippen LogP contribution in [0.1, 0.15) is 97.5 Å². The standard InChI is InChI=1S/C39H46N4O6/c1-9-14-48-34(45)13-12-26-22(6)29-18-30-23(7)35(24(8)44)33(42-30)19-28-21(5)25(11-3)31(41-28)17-27-20(4)16-32(40-27)36(37(26)43-29)38(46)39(47)49-15-10-2/h16-19,21,25,40,46H,9-15H2,1-8H3/b29-18?,31-17?,33-19?,38-36-. The summed E-state index contributed by atoms with van der Waals surface area (Å²) in [5.41, 5.74) is 8.72. The van der Waals surface area contributed by atoms with Crippen LogP contribution < -0.4 is 0 Å². The minimum Gasteiger partial charge on any atom is -0.501 e. The van der Waals surface area contributed by atoms with E-state index in [-0.39, 0.29) is 48.6 Å². The number of esters is 2. The van der Waals surface area contributed by atoms with Crippen LogP contribution >= 0.6 is 0 Å². The first kappa shape index (κ1) is 35.4. The van der Waals surface area contributed by atoms with Crippen LogP contribution in [0, 0.1) is 18.8 Å². The number of fused-ring (bicyclic) bond motifs is 5. The molecule has 1 aromatic rings. The number of ether oxygens (including phenoxy) is 2. The van der Waals surface area contributed by atoms with Gasteiger partial charge in [0.05, 0.1) is 47.3 Å². The van der Waals surface area contributed by atoms with Gasteiger partial charge in [-0.3, -0.25) is 14.6 Å². The van der Waals surface area contributed by atoms with Gasteiger partial charge >= 0.3 is 11.9 Å². The zero-order chi connectivity index (χ0) is 35.6. The van der Waals surface area contributed by atoms with Gasteiger partial charge < -0.3 is 19.6 Å². The third-order valence-corrected chi connectivity index (χ3v) is 9.44. The molecule has 2 atom stereocenters. The fourth-order valence-electron chi connectivity index (χ4n) is 6.72. The molecule has 0 saturated carbocycles. The van der Waals surface area contributed by atoms with Crippen LogP contribution in [0.5, 0.6) is 0 Å². The van der Waals surface area contributed by atoms with Crippen molar-refractivity contribution >= 4 is 46.5 Å². The Morgan fingerprint density at radius 3 is 2.31 bits per heavy atom. The van der Waals surface area contributed by atoms with E-state index in [4.69, 9.17) is 24.5 Å². The second-order valence-corrected chi connectivity index (χ2v) is 12.9. The van der Waals surface area contributed by atoms with E-state index in [1.165, 1.54) is 6.92 Å². The molecule has 2 unspecified atom stereocenters. The molecule has 0 aliphatic carbocycles. The second-order valence-electron chi connectivity index (χ2n) is 12.9. The maximum Gasteiger partial charge on any atom is 0.374 e. The molecular weight excluding hydrogens is 620 g/mol. The Morgan fingerprint density at radius 2 is 1.63 bits per heavy atom. The molecule has 4 aliphatic rings. The highest BCUT2D eigenvalue weighted by molar-refractivity contribution is 6.36. The number of aromatic nitrogens is 1. The lowest BCUT2D eigenvalue weighted by Gasteiger charge is -2.15. The molecule has 0 fully saturated rings. The quantitative estimate of drug-likeness (QED) is 0.149. The summed E-state index contributed by atoms with van der Waals surface area (Å²) in [6.07, 6.45) is 8.22. The molecule has 0 radical (unpaired) electrons. The largest absolute Gasteiger partial charge is 0.501 e. The van der Waals surface area contributed by atoms with Crippen molar-refractivity contribution in [3.8, 4) is 0 Å². The van der Waals surface area contributed by atoms with Crippen LogP contribution in [-0.4, -0.2) is 58.2 Å². The minimum absolute atomic E-state index is 0.0757. The highest BCUT2D eigenvalue weighted by Gasteiger charge is 2.35. The van der Waals surface area contributed by atoms with Crippen molar-refractivity contribution in [1.29, 1.82) is 0 Å². The monoisotopic (exact) mass is 666 g/mol. The highest BCUT2D eigenvalue weighted by atomic mass is 16.5. The van der Waals surface area contributed by atoms with E-state index >= 15 is 0 Å². The summed E-state index contributed by atoms with van der Waals surface area (Å²) < 4.78 is 10.8. The first-order chi connectivity index (χ1) is 23.4. The second kappa shape index (κ2) is 14.7. The maximum absolute atomic E-state index is 13.3. The molecule has 0 amide bonds. The van der Waals surface area contributed by atoms with Crippen LogP contribution in [0.4, 0.5) is 0 Å². The zero-order valence-corrected chi connectivity index (χ0v) is 29.7. The van der Waals surface area contributed by atoms with Crippen LogP contribution in [0.2, 0.25) is 0 Å². The first-order valence-electron chi connectivity index (χ1n) is 17.2. The number of hydrogen-bond acceptors (Lipinski definition) is 9. The van der Waals surface area contributed by atoms with Crippen molar-refractivity contribution in [2.75, 3.05) is 13.2 Å². The lowest BCUT2D eigenvalue weighted by Crippen LogP contribution is -2.16. The molecule has 8 bridgehead atoms. The molecular formula is C39H46N4O6. The predicted octanol–water partition coefficient (Wildman–Crippen LogP) is 7.65. The maximum atomic E-state index is 13.3. The van der Waals surface area contributed by atoms with Gasteiger partial charge in [0.1, 0.15) is 0 Å². The third kappa shape index (κ3) is 7.00. The molecule has 5 rings (SSSR count). The van der Waals surface area contributed by atoms with E-state index in [0.717, 1.165) is 40.2 Å². The Bertz CT molecular complexity index is 1890. The summed E-state index contributed by atoms with van der Waals surface area (Å²) in [7, 11) is 0. The number of carbonyl (C=O) groups is 3. The van der Waals surface area contributed by atoms with Gasteiger partial charge in [0.25, 0.3) is 0 Å². The topological polar surface area (TPSA) is 143 Å². The van der Waals surface area contributed by atoms with E-state index in [1.54, 1.807) is 0 Å². The van der Waals surface area contributed by atoms with Gasteiger partial charge in [0, 0.05) is 40.9 Å². The van der Waals surface area contributed by atoms with Gasteiger partial charge in [0.2, 0.25) is 5.76 Å². The number of Topliss-reactive ketones (excluding diaryl/α,β-unsaturated/α-hetero) is 1. The Labute approximate surface area is 287 Å². The summed E-state index contributed by atoms with van der Waals surface area (Å²) in [5, 5.41) is 11.6. The molecule has 10 nitrogen and oxygen atoms in total. The molecule has 2 N–H and O–H groups in total. The van der Waals surface area contributed by atoms with Crippen LogP contribution in [0.15, 0.2) is 78.3 Å². The first-order valence-corrected chi connectivity index (χ1v) is 17.2. The van der Waals surface area contributed by atoms with Crippen molar-refractivity contribution in [2.45, 2.75) is 87.5 Å². The molecule has 4 aliphatic heterocycles. The number of allylic oxidation sites excluding steroid dienone is 8. The predicted molar refractivity (Wildman–Crippen MR) is 192 cm³/mol. The number of aliphatic imine (C=N–C) groups is 3. The van der Waals surface area contributed by atoms with Crippen molar-refractivity contribution in [1.82, 2.24) is 4.98 Å². The van der Waals surface area contributed by atoms with Gasteiger partial charge in [-0.2, -0.15) is 0 Å². The number of rotatable bonds is 10. The summed E-state index contributed by atoms with van der Waals surface area (Å²) in [5.74, 6) is -1.70. The lowest BCUT2D eigenvalue weighted by molar-refractivity contribution is -0.143. The van der Waals surface area contributed by atoms with Crippen molar-refractivity contribution < 1.29 is 29.0 Å². The SMILES string of the molecule is CCCOC(=O)CCC1=C(C)C2=CC3=NC(=CC4=NC(=Cc5[nH]c(cc5C)/C(=C(/O)C(=O)OCCC)C1=N2)C(CC)C4C)C(C(C)=O)=C3C. The van der Waals surface area contributed by atoms with Gasteiger partial charge in [-0.15, -0.1) is 0 Å². The Balaban J connectivity index is 1.80. The highest BCUT2D eigenvalue weighted by Crippen LogP contribution is 2.40. The number of H-pyrrole nitrogens is 1. The van der Waals surface area contributed by atoms with Crippen LogP contribution in [0.25, 0.3) is 11.6 Å². The Kier molecular flexibility index (Phi) is 10.6. The summed E-state index contributed by atoms with van der Waals surface area (Å²) in [4.78, 5) is 57.4. The van der Waals surface area contributed by atoms with Gasteiger partial charge in [-0.05, 0) is 100.0 Å². The lowest BCUT2D eigenvalue weighted by atomic mass is 9.87. The van der Waals surface area contributed by atoms with Crippen molar-refractivity contribution in [3.05, 3.63) is 80.3 Å². The molecule has 0 aromatic carbocycles. The van der Waals surface area contributed by atoms with Gasteiger partial charge in [-0.1, -0.05) is 27.7 Å². The average Bonchev–Trinajstić information content (AvgIpc) is 3.76. The van der Waals surface area contributed by atoms with Gasteiger partial charge in [-0.25, -0.2) is 14.8 Å².